The summed E-state index contributed by atoms with van der Waals surface area (Å²) in [6, 6.07) is 10.5. The molecule has 4 aromatic rings. The van der Waals surface area contributed by atoms with E-state index >= 15 is 0 Å². The van der Waals surface area contributed by atoms with Crippen molar-refractivity contribution >= 4 is 61.0 Å². The quantitative estimate of drug-likeness (QED) is 0.261. The molecule has 11 heteroatoms. The third-order valence-corrected chi connectivity index (χ3v) is 7.47. The number of pyridine rings is 2. The number of hydrazone groups is 1. The first-order valence-electron chi connectivity index (χ1n) is 8.82. The van der Waals surface area contributed by atoms with Crippen molar-refractivity contribution in [2.75, 3.05) is 7.05 Å². The third-order valence-electron chi connectivity index (χ3n) is 4.45. The van der Waals surface area contributed by atoms with Crippen LogP contribution in [0.15, 0.2) is 75.7 Å². The molecule has 0 aliphatic carbocycles. The Hall–Kier alpha value is -2.46. The van der Waals surface area contributed by atoms with E-state index in [4.69, 9.17) is 23.2 Å². The molecular weight excluding hydrogens is 525 g/mol. The van der Waals surface area contributed by atoms with Crippen molar-refractivity contribution in [2.45, 2.75) is 4.90 Å². The summed E-state index contributed by atoms with van der Waals surface area (Å²) in [5, 5.41) is 4.09. The number of fused-ring (bicyclic) bond motifs is 1. The van der Waals surface area contributed by atoms with Gasteiger partial charge in [0.2, 0.25) is 0 Å². The fourth-order valence-electron chi connectivity index (χ4n) is 2.91. The van der Waals surface area contributed by atoms with E-state index in [-0.39, 0.29) is 14.9 Å². The molecule has 0 N–H and O–H groups in total. The van der Waals surface area contributed by atoms with Crippen molar-refractivity contribution < 1.29 is 8.42 Å². The topological polar surface area (TPSA) is 79.9 Å². The predicted octanol–water partition coefficient (Wildman–Crippen LogP) is 5.12. The van der Waals surface area contributed by atoms with Gasteiger partial charge in [-0.25, -0.2) is 4.98 Å². The lowest BCUT2D eigenvalue weighted by Gasteiger charge is -2.16. The Morgan fingerprint density at radius 3 is 2.55 bits per heavy atom. The Balaban J connectivity index is 1.68. The number of hydrogen-bond acceptors (Lipinski definition) is 5. The highest BCUT2D eigenvalue weighted by Gasteiger charge is 2.26. The second-order valence-electron chi connectivity index (χ2n) is 6.45. The van der Waals surface area contributed by atoms with Crippen LogP contribution in [0, 0.1) is 0 Å². The van der Waals surface area contributed by atoms with E-state index in [1.807, 2.05) is 34.9 Å². The summed E-state index contributed by atoms with van der Waals surface area (Å²) in [5.74, 6) is 0. The first kappa shape index (κ1) is 21.8. The van der Waals surface area contributed by atoms with Gasteiger partial charge in [-0.1, -0.05) is 45.2 Å². The zero-order chi connectivity index (χ0) is 22.2. The minimum Gasteiger partial charge on any atom is -0.298 e. The van der Waals surface area contributed by atoms with E-state index in [0.717, 1.165) is 15.5 Å². The maximum atomic E-state index is 12.9. The molecule has 3 heterocycles. The molecule has 0 aliphatic heterocycles. The van der Waals surface area contributed by atoms with Crippen LogP contribution in [-0.4, -0.2) is 40.5 Å². The van der Waals surface area contributed by atoms with E-state index in [1.165, 1.54) is 25.4 Å². The lowest BCUT2D eigenvalue weighted by Crippen LogP contribution is -2.22. The lowest BCUT2D eigenvalue weighted by molar-refractivity contribution is 0.491. The number of halogens is 3. The normalized spacial score (nSPS) is 12.0. The summed E-state index contributed by atoms with van der Waals surface area (Å²) in [5.41, 5.74) is 3.16. The summed E-state index contributed by atoms with van der Waals surface area (Å²) in [6.07, 6.45) is 8.37. The summed E-state index contributed by atoms with van der Waals surface area (Å²) in [7, 11) is -2.75. The Morgan fingerprint density at radius 1 is 1.13 bits per heavy atom. The maximum absolute atomic E-state index is 12.9. The first-order chi connectivity index (χ1) is 14.8. The van der Waals surface area contributed by atoms with Crippen LogP contribution in [0.25, 0.3) is 16.8 Å². The second-order valence-corrected chi connectivity index (χ2v) is 10.1. The molecule has 0 spiro atoms. The van der Waals surface area contributed by atoms with E-state index in [1.54, 1.807) is 18.6 Å². The van der Waals surface area contributed by atoms with Gasteiger partial charge in [-0.2, -0.15) is 17.9 Å². The Labute approximate surface area is 197 Å². The van der Waals surface area contributed by atoms with Gasteiger partial charge in [0.15, 0.2) is 0 Å². The van der Waals surface area contributed by atoms with Gasteiger partial charge < -0.3 is 0 Å². The highest BCUT2D eigenvalue weighted by atomic mass is 79.9. The molecule has 0 saturated heterocycles. The molecule has 7 nitrogen and oxygen atoms in total. The van der Waals surface area contributed by atoms with E-state index < -0.39 is 10.0 Å². The van der Waals surface area contributed by atoms with Crippen LogP contribution in [0.1, 0.15) is 5.69 Å². The van der Waals surface area contributed by atoms with Gasteiger partial charge in [0.25, 0.3) is 10.0 Å². The highest BCUT2D eigenvalue weighted by molar-refractivity contribution is 9.10. The number of benzene rings is 1. The van der Waals surface area contributed by atoms with Gasteiger partial charge in [0.1, 0.15) is 10.5 Å². The van der Waals surface area contributed by atoms with Crippen LogP contribution in [0.3, 0.4) is 0 Å². The van der Waals surface area contributed by atoms with Crippen molar-refractivity contribution in [3.8, 4) is 11.1 Å². The molecule has 0 unspecified atom stereocenters. The minimum absolute atomic E-state index is 0.00246. The number of imidazole rings is 1. The smallest absolute Gasteiger partial charge is 0.281 e. The minimum atomic E-state index is -4.06. The van der Waals surface area contributed by atoms with Crippen molar-refractivity contribution in [2.24, 2.45) is 5.10 Å². The summed E-state index contributed by atoms with van der Waals surface area (Å²) in [4.78, 5) is 8.26. The maximum Gasteiger partial charge on any atom is 0.281 e. The van der Waals surface area contributed by atoms with Crippen molar-refractivity contribution in [3.05, 3.63) is 81.4 Å². The van der Waals surface area contributed by atoms with Crippen molar-refractivity contribution in [1.29, 1.82) is 0 Å². The van der Waals surface area contributed by atoms with Gasteiger partial charge in [0.05, 0.1) is 28.2 Å². The van der Waals surface area contributed by atoms with Crippen LogP contribution < -0.4 is 0 Å². The van der Waals surface area contributed by atoms with Gasteiger partial charge >= 0.3 is 0 Å². The highest BCUT2D eigenvalue weighted by Crippen LogP contribution is 2.34. The number of sulfonamides is 1. The molecule has 0 amide bonds. The number of hydrogen-bond donors (Lipinski definition) is 0. The Morgan fingerprint density at radius 2 is 1.87 bits per heavy atom. The number of nitrogens with zero attached hydrogens (tertiary/aromatic N) is 5. The van der Waals surface area contributed by atoms with Gasteiger partial charge in [-0.3, -0.25) is 9.38 Å². The summed E-state index contributed by atoms with van der Waals surface area (Å²) < 4.78 is 29.1. The van der Waals surface area contributed by atoms with Crippen molar-refractivity contribution in [3.63, 3.8) is 0 Å². The standard InChI is InChI=1S/C20H14BrCl2N5O2S/c1-27(31(29,30)20-17(22)7-15(21)8-18(20)23)26-11-16-10-25-19-5-4-14(12-28(16)19)13-3-2-6-24-9-13/h2-12H,1H3. The van der Waals surface area contributed by atoms with Crippen LogP contribution in [0.5, 0.6) is 0 Å². The zero-order valence-electron chi connectivity index (χ0n) is 15.9. The van der Waals surface area contributed by atoms with Gasteiger partial charge in [-0.15, -0.1) is 0 Å². The summed E-state index contributed by atoms with van der Waals surface area (Å²) in [6.45, 7) is 0. The van der Waals surface area contributed by atoms with Crippen LogP contribution in [-0.2, 0) is 10.0 Å². The predicted molar refractivity (Wildman–Crippen MR) is 125 cm³/mol. The van der Waals surface area contributed by atoms with E-state index in [9.17, 15) is 8.42 Å². The monoisotopic (exact) mass is 537 g/mol. The molecule has 0 radical (unpaired) electrons. The molecule has 1 aromatic carbocycles. The molecule has 31 heavy (non-hydrogen) atoms. The Bertz CT molecular complexity index is 1380. The largest absolute Gasteiger partial charge is 0.298 e. The first-order valence-corrected chi connectivity index (χ1v) is 11.8. The van der Waals surface area contributed by atoms with Crippen LogP contribution in [0.2, 0.25) is 10.0 Å². The average Bonchev–Trinajstić information content (AvgIpc) is 3.13. The molecular formula is C20H14BrCl2N5O2S. The third kappa shape index (κ3) is 4.31. The molecule has 0 fully saturated rings. The zero-order valence-corrected chi connectivity index (χ0v) is 19.9. The van der Waals surface area contributed by atoms with Crippen LogP contribution >= 0.6 is 39.1 Å². The van der Waals surface area contributed by atoms with Gasteiger partial charge in [0, 0.05) is 41.2 Å². The summed E-state index contributed by atoms with van der Waals surface area (Å²) >= 11 is 15.5. The fourth-order valence-corrected chi connectivity index (χ4v) is 5.75. The molecule has 4 rings (SSSR count). The lowest BCUT2D eigenvalue weighted by atomic mass is 10.1. The SMILES string of the molecule is CN(N=Cc1cnc2ccc(-c3cccnc3)cn12)S(=O)(=O)c1c(Cl)cc(Br)cc1Cl. The van der Waals surface area contributed by atoms with Crippen molar-refractivity contribution in [1.82, 2.24) is 18.8 Å². The molecule has 0 saturated carbocycles. The molecule has 3 aromatic heterocycles. The van der Waals surface area contributed by atoms with E-state index in [0.29, 0.717) is 15.8 Å². The van der Waals surface area contributed by atoms with E-state index in [2.05, 4.69) is 31.0 Å². The molecule has 0 aliphatic rings. The fraction of sp³-hybridized carbons (Fsp3) is 0.0500. The Kier molecular flexibility index (Phi) is 6.02. The second kappa shape index (κ2) is 8.58. The number of aromatic nitrogens is 3. The van der Waals surface area contributed by atoms with Crippen LogP contribution in [0.4, 0.5) is 0 Å². The molecule has 158 valence electrons. The molecule has 0 atom stereocenters. The van der Waals surface area contributed by atoms with Gasteiger partial charge in [-0.05, 0) is 30.3 Å². The average molecular weight is 539 g/mol. The molecule has 0 bridgehead atoms. The number of rotatable bonds is 5.